The van der Waals surface area contributed by atoms with Crippen molar-refractivity contribution in [1.29, 1.82) is 0 Å². The molecule has 0 bridgehead atoms. The molecular weight excluding hydrogens is 134 g/mol. The molecule has 0 N–H and O–H groups in total. The zero-order valence-corrected chi connectivity index (χ0v) is 7.14. The Hall–Kier alpha value is -0.770. The van der Waals surface area contributed by atoms with Gasteiger partial charge in [0.15, 0.2) is 0 Å². The third kappa shape index (κ3) is 3.23. The third-order valence-electron chi connectivity index (χ3n) is 1.81. The van der Waals surface area contributed by atoms with Crippen LogP contribution in [0, 0.1) is 17.8 Å². The van der Waals surface area contributed by atoms with Crippen molar-refractivity contribution < 1.29 is 0 Å². The molecule has 0 spiro atoms. The molecule has 60 valence electrons. The topological polar surface area (TPSA) is 12.4 Å². The first-order chi connectivity index (χ1) is 5.43. The van der Waals surface area contributed by atoms with E-state index in [4.69, 9.17) is 0 Å². The fraction of sp³-hybridized carbons (Fsp3) is 0.700. The van der Waals surface area contributed by atoms with Crippen molar-refractivity contribution in [1.82, 2.24) is 0 Å². The highest BCUT2D eigenvalue weighted by Gasteiger charge is 2.05. The van der Waals surface area contributed by atoms with E-state index < -0.39 is 0 Å². The van der Waals surface area contributed by atoms with E-state index in [-0.39, 0.29) is 0 Å². The van der Waals surface area contributed by atoms with E-state index in [2.05, 4.69) is 23.8 Å². The molecule has 1 aliphatic rings. The molecule has 11 heavy (non-hydrogen) atoms. The predicted molar refractivity (Wildman–Crippen MR) is 48.8 cm³/mol. The smallest absolute Gasteiger partial charge is 0.0397 e. The lowest BCUT2D eigenvalue weighted by molar-refractivity contribution is 0.624. The number of rotatable bonds is 1. The second-order valence-electron chi connectivity index (χ2n) is 2.88. The average Bonchev–Trinajstić information content (AvgIpc) is 2.07. The van der Waals surface area contributed by atoms with E-state index in [1.165, 1.54) is 6.42 Å². The van der Waals surface area contributed by atoms with Gasteiger partial charge in [-0.3, -0.25) is 4.99 Å². The fourth-order valence-electron chi connectivity index (χ4n) is 1.11. The monoisotopic (exact) mass is 149 g/mol. The Balaban J connectivity index is 2.27. The molecule has 0 aliphatic carbocycles. The quantitative estimate of drug-likeness (QED) is 0.507. The van der Waals surface area contributed by atoms with Crippen LogP contribution in [0.25, 0.3) is 0 Å². The summed E-state index contributed by atoms with van der Waals surface area (Å²) in [6, 6.07) is 0. The van der Waals surface area contributed by atoms with Crippen molar-refractivity contribution in [3.63, 3.8) is 0 Å². The van der Waals surface area contributed by atoms with Crippen molar-refractivity contribution in [2.75, 3.05) is 6.54 Å². The normalized spacial score (nSPS) is 22.5. The molecule has 0 saturated carbocycles. The van der Waals surface area contributed by atoms with Crippen molar-refractivity contribution in [2.45, 2.75) is 32.6 Å². The summed E-state index contributed by atoms with van der Waals surface area (Å²) in [5.41, 5.74) is 0. The van der Waals surface area contributed by atoms with Gasteiger partial charge in [0.1, 0.15) is 0 Å². The summed E-state index contributed by atoms with van der Waals surface area (Å²) in [5.74, 6) is 7.07. The van der Waals surface area contributed by atoms with Crippen LogP contribution < -0.4 is 0 Å². The highest BCUT2D eigenvalue weighted by molar-refractivity contribution is 5.59. The maximum absolute atomic E-state index is 4.16. The Morgan fingerprint density at radius 3 is 3.18 bits per heavy atom. The second-order valence-corrected chi connectivity index (χ2v) is 2.88. The minimum atomic E-state index is 0.596. The van der Waals surface area contributed by atoms with Crippen LogP contribution in [-0.4, -0.2) is 12.8 Å². The first kappa shape index (κ1) is 8.33. The van der Waals surface area contributed by atoms with Crippen molar-refractivity contribution in [2.24, 2.45) is 10.9 Å². The Kier molecular flexibility index (Phi) is 3.75. The molecule has 0 aromatic heterocycles. The van der Waals surface area contributed by atoms with Gasteiger partial charge in [-0.15, -0.1) is 5.92 Å². The molecule has 0 amide bonds. The molecule has 1 aliphatic heterocycles. The van der Waals surface area contributed by atoms with Gasteiger partial charge in [0.05, 0.1) is 0 Å². The third-order valence-corrected chi connectivity index (χ3v) is 1.81. The first-order valence-electron chi connectivity index (χ1n) is 4.40. The Labute approximate surface area is 68.9 Å². The van der Waals surface area contributed by atoms with Crippen molar-refractivity contribution in [3.8, 4) is 11.8 Å². The lowest BCUT2D eigenvalue weighted by Gasteiger charge is -2.09. The van der Waals surface area contributed by atoms with Crippen LogP contribution in [0.3, 0.4) is 0 Å². The minimum absolute atomic E-state index is 0.596. The van der Waals surface area contributed by atoms with Crippen LogP contribution in [0.5, 0.6) is 0 Å². The van der Waals surface area contributed by atoms with Gasteiger partial charge in [0.25, 0.3) is 0 Å². The van der Waals surface area contributed by atoms with E-state index in [1.807, 2.05) is 6.21 Å². The summed E-state index contributed by atoms with van der Waals surface area (Å²) in [6.07, 6.45) is 6.46. The molecular formula is C10H15N. The van der Waals surface area contributed by atoms with Crippen LogP contribution in [-0.2, 0) is 0 Å². The van der Waals surface area contributed by atoms with Gasteiger partial charge in [-0.1, -0.05) is 12.8 Å². The molecule has 0 radical (unpaired) electrons. The summed E-state index contributed by atoms with van der Waals surface area (Å²) < 4.78 is 0. The summed E-state index contributed by atoms with van der Waals surface area (Å²) in [7, 11) is 0. The molecule has 1 rings (SSSR count). The van der Waals surface area contributed by atoms with E-state index in [9.17, 15) is 0 Å². The number of nitrogens with zero attached hydrogens (tertiary/aromatic N) is 1. The average molecular weight is 149 g/mol. The van der Waals surface area contributed by atoms with Gasteiger partial charge in [-0.05, 0) is 25.5 Å². The van der Waals surface area contributed by atoms with Gasteiger partial charge in [-0.2, -0.15) is 0 Å². The zero-order valence-electron chi connectivity index (χ0n) is 7.14. The SMILES string of the molecule is CCCC#CC1CC=NCC1. The molecule has 1 nitrogen and oxygen atoms in total. The van der Waals surface area contributed by atoms with E-state index >= 15 is 0 Å². The van der Waals surface area contributed by atoms with Crippen LogP contribution in [0.2, 0.25) is 0 Å². The summed E-state index contributed by atoms with van der Waals surface area (Å²) in [4.78, 5) is 4.16. The van der Waals surface area contributed by atoms with Crippen molar-refractivity contribution >= 4 is 6.21 Å². The summed E-state index contributed by atoms with van der Waals surface area (Å²) in [6.45, 7) is 3.14. The highest BCUT2D eigenvalue weighted by Crippen LogP contribution is 2.09. The molecule has 0 fully saturated rings. The van der Waals surface area contributed by atoms with E-state index in [0.29, 0.717) is 5.92 Å². The van der Waals surface area contributed by atoms with Gasteiger partial charge >= 0.3 is 0 Å². The van der Waals surface area contributed by atoms with Crippen LogP contribution in [0.15, 0.2) is 4.99 Å². The molecule has 1 atom stereocenters. The second kappa shape index (κ2) is 4.96. The zero-order chi connectivity index (χ0) is 7.94. The van der Waals surface area contributed by atoms with Gasteiger partial charge in [-0.25, -0.2) is 0 Å². The fourth-order valence-corrected chi connectivity index (χ4v) is 1.11. The van der Waals surface area contributed by atoms with Gasteiger partial charge in [0, 0.05) is 18.9 Å². The summed E-state index contributed by atoms with van der Waals surface area (Å²) >= 11 is 0. The highest BCUT2D eigenvalue weighted by atomic mass is 14.7. The van der Waals surface area contributed by atoms with Gasteiger partial charge < -0.3 is 0 Å². The lowest BCUT2D eigenvalue weighted by atomic mass is 10.0. The largest absolute Gasteiger partial charge is 0.297 e. The number of aliphatic imine (C=N–C) groups is 1. The number of unbranched alkanes of at least 4 members (excludes halogenated alkanes) is 1. The van der Waals surface area contributed by atoms with Crippen LogP contribution in [0.4, 0.5) is 0 Å². The lowest BCUT2D eigenvalue weighted by Crippen LogP contribution is -2.05. The molecule has 1 unspecified atom stereocenters. The summed E-state index contributed by atoms with van der Waals surface area (Å²) in [5, 5.41) is 0. The molecule has 1 heteroatoms. The Morgan fingerprint density at radius 2 is 2.55 bits per heavy atom. The van der Waals surface area contributed by atoms with Gasteiger partial charge in [0.2, 0.25) is 0 Å². The molecule has 0 aromatic rings. The van der Waals surface area contributed by atoms with E-state index in [0.717, 1.165) is 25.8 Å². The maximum Gasteiger partial charge on any atom is 0.0397 e. The Bertz CT molecular complexity index is 183. The number of hydrogen-bond donors (Lipinski definition) is 0. The minimum Gasteiger partial charge on any atom is -0.297 e. The Morgan fingerprint density at radius 1 is 1.64 bits per heavy atom. The predicted octanol–water partition coefficient (Wildman–Crippen LogP) is 2.27. The van der Waals surface area contributed by atoms with Crippen LogP contribution >= 0.6 is 0 Å². The standard InChI is InChI=1S/C10H15N/c1-2-3-4-5-10-6-8-11-9-7-10/h8,10H,2-3,6-7,9H2,1H3. The molecule has 1 heterocycles. The number of hydrogen-bond acceptors (Lipinski definition) is 1. The molecule has 0 saturated heterocycles. The molecule has 0 aromatic carbocycles. The van der Waals surface area contributed by atoms with E-state index in [1.54, 1.807) is 0 Å². The first-order valence-corrected chi connectivity index (χ1v) is 4.40. The van der Waals surface area contributed by atoms with Crippen molar-refractivity contribution in [3.05, 3.63) is 0 Å². The van der Waals surface area contributed by atoms with Crippen LogP contribution in [0.1, 0.15) is 32.6 Å². The maximum atomic E-state index is 4.16.